The molecule has 0 amide bonds. The third-order valence-electron chi connectivity index (χ3n) is 3.53. The molecule has 2 heteroatoms. The summed E-state index contributed by atoms with van der Waals surface area (Å²) in [5.74, 6) is 0. The van der Waals surface area contributed by atoms with Gasteiger partial charge in [0.25, 0.3) is 0 Å². The summed E-state index contributed by atoms with van der Waals surface area (Å²) in [5, 5.41) is 3.63. The van der Waals surface area contributed by atoms with Gasteiger partial charge < -0.3 is 10.1 Å². The van der Waals surface area contributed by atoms with Crippen molar-refractivity contribution in [3.05, 3.63) is 0 Å². The second kappa shape index (κ2) is 3.58. The summed E-state index contributed by atoms with van der Waals surface area (Å²) >= 11 is 0. The molecule has 13 heavy (non-hydrogen) atoms. The van der Waals surface area contributed by atoms with Gasteiger partial charge in [-0.05, 0) is 46.0 Å². The van der Waals surface area contributed by atoms with E-state index in [0.717, 1.165) is 6.54 Å². The van der Waals surface area contributed by atoms with Gasteiger partial charge in [-0.3, -0.25) is 0 Å². The Hall–Kier alpha value is -0.0800. The summed E-state index contributed by atoms with van der Waals surface area (Å²) in [7, 11) is 0. The molecule has 0 aromatic carbocycles. The second-order valence-corrected chi connectivity index (χ2v) is 4.94. The number of nitrogens with one attached hydrogen (secondary N) is 1. The molecule has 2 aliphatic rings. The maximum Gasteiger partial charge on any atom is 0.0704 e. The molecule has 0 radical (unpaired) electrons. The van der Waals surface area contributed by atoms with Gasteiger partial charge in [0, 0.05) is 12.1 Å². The first kappa shape index (κ1) is 9.47. The predicted octanol–water partition coefficient (Wildman–Crippen LogP) is 2.09. The molecule has 0 bridgehead atoms. The Morgan fingerprint density at radius 3 is 2.62 bits per heavy atom. The highest BCUT2D eigenvalue weighted by Gasteiger charge is 2.32. The van der Waals surface area contributed by atoms with Crippen LogP contribution in [-0.4, -0.2) is 24.3 Å². The topological polar surface area (TPSA) is 21.3 Å². The van der Waals surface area contributed by atoms with E-state index in [-0.39, 0.29) is 0 Å². The van der Waals surface area contributed by atoms with Gasteiger partial charge in [0.05, 0.1) is 12.2 Å². The quantitative estimate of drug-likeness (QED) is 0.723. The van der Waals surface area contributed by atoms with Crippen LogP contribution in [0, 0.1) is 0 Å². The summed E-state index contributed by atoms with van der Waals surface area (Å²) < 4.78 is 5.76. The summed E-state index contributed by atoms with van der Waals surface area (Å²) in [4.78, 5) is 0. The van der Waals surface area contributed by atoms with Crippen LogP contribution in [0.5, 0.6) is 0 Å². The van der Waals surface area contributed by atoms with E-state index in [2.05, 4.69) is 19.2 Å². The summed E-state index contributed by atoms with van der Waals surface area (Å²) in [6.45, 7) is 5.56. The molecule has 1 heterocycles. The highest BCUT2D eigenvalue weighted by atomic mass is 16.5. The predicted molar refractivity (Wildman–Crippen MR) is 53.8 cm³/mol. The van der Waals surface area contributed by atoms with Crippen LogP contribution in [0.2, 0.25) is 0 Å². The summed E-state index contributed by atoms with van der Waals surface area (Å²) in [6.07, 6.45) is 7.52. The minimum Gasteiger partial charge on any atom is -0.374 e. The zero-order valence-corrected chi connectivity index (χ0v) is 8.81. The number of hydrogen-bond acceptors (Lipinski definition) is 2. The van der Waals surface area contributed by atoms with Crippen molar-refractivity contribution in [2.45, 2.75) is 63.7 Å². The van der Waals surface area contributed by atoms with Crippen molar-refractivity contribution in [2.75, 3.05) is 6.54 Å². The molecular formula is C11H21NO. The first-order chi connectivity index (χ1) is 6.18. The first-order valence-corrected chi connectivity index (χ1v) is 5.58. The fraction of sp³-hybridized carbons (Fsp3) is 1.00. The molecule has 1 saturated carbocycles. The van der Waals surface area contributed by atoms with E-state index in [9.17, 15) is 0 Å². The van der Waals surface area contributed by atoms with E-state index in [0.29, 0.717) is 17.7 Å². The molecule has 2 rings (SSSR count). The molecule has 2 fully saturated rings. The van der Waals surface area contributed by atoms with Crippen LogP contribution < -0.4 is 5.32 Å². The molecule has 0 spiro atoms. The molecule has 1 aliphatic heterocycles. The summed E-state index contributed by atoms with van der Waals surface area (Å²) in [5.41, 5.74) is 0.440. The van der Waals surface area contributed by atoms with Crippen molar-refractivity contribution in [2.24, 2.45) is 0 Å². The Morgan fingerprint density at radius 1 is 1.38 bits per heavy atom. The Labute approximate surface area is 81.0 Å². The SMILES string of the molecule is CC1CCC(CNC2(C)CCC2)O1. The third-order valence-corrected chi connectivity index (χ3v) is 3.53. The smallest absolute Gasteiger partial charge is 0.0704 e. The van der Waals surface area contributed by atoms with Gasteiger partial charge in [0.2, 0.25) is 0 Å². The molecule has 76 valence electrons. The van der Waals surface area contributed by atoms with Crippen molar-refractivity contribution in [3.8, 4) is 0 Å². The van der Waals surface area contributed by atoms with Crippen molar-refractivity contribution in [1.29, 1.82) is 0 Å². The lowest BCUT2D eigenvalue weighted by molar-refractivity contribution is 0.0458. The zero-order valence-electron chi connectivity index (χ0n) is 8.81. The van der Waals surface area contributed by atoms with Gasteiger partial charge in [-0.1, -0.05) is 0 Å². The molecule has 2 unspecified atom stereocenters. The van der Waals surface area contributed by atoms with Crippen LogP contribution in [-0.2, 0) is 4.74 Å². The van der Waals surface area contributed by atoms with Crippen molar-refractivity contribution in [1.82, 2.24) is 5.32 Å². The Balaban J connectivity index is 1.67. The zero-order chi connectivity index (χ0) is 9.31. The third kappa shape index (κ3) is 2.23. The number of hydrogen-bond donors (Lipinski definition) is 1. The van der Waals surface area contributed by atoms with Gasteiger partial charge in [-0.25, -0.2) is 0 Å². The highest BCUT2D eigenvalue weighted by Crippen LogP contribution is 2.31. The fourth-order valence-electron chi connectivity index (χ4n) is 2.28. The molecule has 0 aromatic rings. The standard InChI is InChI=1S/C11H21NO/c1-9-4-5-10(13-9)8-12-11(2)6-3-7-11/h9-10,12H,3-8H2,1-2H3. The lowest BCUT2D eigenvalue weighted by atomic mass is 9.78. The molecule has 0 aromatic heterocycles. The van der Waals surface area contributed by atoms with E-state index >= 15 is 0 Å². The average Bonchev–Trinajstić information content (AvgIpc) is 2.44. The highest BCUT2D eigenvalue weighted by molar-refractivity contribution is 4.92. The fourth-order valence-corrected chi connectivity index (χ4v) is 2.28. The number of rotatable bonds is 3. The van der Waals surface area contributed by atoms with E-state index < -0.39 is 0 Å². The summed E-state index contributed by atoms with van der Waals surface area (Å²) in [6, 6.07) is 0. The largest absolute Gasteiger partial charge is 0.374 e. The van der Waals surface area contributed by atoms with E-state index in [4.69, 9.17) is 4.74 Å². The van der Waals surface area contributed by atoms with Crippen LogP contribution in [0.15, 0.2) is 0 Å². The van der Waals surface area contributed by atoms with Crippen molar-refractivity contribution < 1.29 is 4.74 Å². The number of ether oxygens (including phenoxy) is 1. The maximum absolute atomic E-state index is 5.76. The van der Waals surface area contributed by atoms with Crippen LogP contribution in [0.25, 0.3) is 0 Å². The Bertz CT molecular complexity index is 177. The normalized spacial score (nSPS) is 37.4. The van der Waals surface area contributed by atoms with Gasteiger partial charge in [-0.2, -0.15) is 0 Å². The van der Waals surface area contributed by atoms with Crippen LogP contribution in [0.3, 0.4) is 0 Å². The maximum atomic E-state index is 5.76. The minimum atomic E-state index is 0.440. The molecule has 1 N–H and O–H groups in total. The molecular weight excluding hydrogens is 162 g/mol. The van der Waals surface area contributed by atoms with Gasteiger partial charge >= 0.3 is 0 Å². The van der Waals surface area contributed by atoms with E-state index in [1.54, 1.807) is 0 Å². The monoisotopic (exact) mass is 183 g/mol. The van der Waals surface area contributed by atoms with Crippen LogP contribution in [0.4, 0.5) is 0 Å². The lowest BCUT2D eigenvalue weighted by Crippen LogP contribution is -2.50. The first-order valence-electron chi connectivity index (χ1n) is 5.58. The Kier molecular flexibility index (Phi) is 2.61. The lowest BCUT2D eigenvalue weighted by Gasteiger charge is -2.40. The average molecular weight is 183 g/mol. The van der Waals surface area contributed by atoms with Crippen LogP contribution >= 0.6 is 0 Å². The Morgan fingerprint density at radius 2 is 2.15 bits per heavy atom. The van der Waals surface area contributed by atoms with E-state index in [1.165, 1.54) is 32.1 Å². The van der Waals surface area contributed by atoms with Gasteiger partial charge in [0.15, 0.2) is 0 Å². The minimum absolute atomic E-state index is 0.440. The second-order valence-electron chi connectivity index (χ2n) is 4.94. The van der Waals surface area contributed by atoms with Gasteiger partial charge in [0.1, 0.15) is 0 Å². The van der Waals surface area contributed by atoms with Crippen LogP contribution in [0.1, 0.15) is 46.0 Å². The molecule has 2 nitrogen and oxygen atoms in total. The van der Waals surface area contributed by atoms with E-state index in [1.807, 2.05) is 0 Å². The molecule has 2 atom stereocenters. The molecule has 1 aliphatic carbocycles. The van der Waals surface area contributed by atoms with Crippen molar-refractivity contribution >= 4 is 0 Å². The van der Waals surface area contributed by atoms with Gasteiger partial charge in [-0.15, -0.1) is 0 Å². The van der Waals surface area contributed by atoms with Crippen molar-refractivity contribution in [3.63, 3.8) is 0 Å². The molecule has 1 saturated heterocycles.